The Morgan fingerprint density at radius 2 is 2.00 bits per heavy atom. The zero-order chi connectivity index (χ0) is 17.7. The van der Waals surface area contributed by atoms with Gasteiger partial charge in [-0.2, -0.15) is 0 Å². The summed E-state index contributed by atoms with van der Waals surface area (Å²) < 4.78 is 6.22. The number of nitrogens with one attached hydrogen (secondary N) is 2. The first kappa shape index (κ1) is 19.0. The molecule has 0 saturated heterocycles. The molecule has 0 heterocycles. The first-order valence-corrected chi connectivity index (χ1v) is 8.86. The van der Waals surface area contributed by atoms with E-state index in [-0.39, 0.29) is 11.0 Å². The van der Waals surface area contributed by atoms with Gasteiger partial charge in [-0.1, -0.05) is 39.1 Å². The zero-order valence-electron chi connectivity index (χ0n) is 12.5. The van der Waals surface area contributed by atoms with Gasteiger partial charge in [0.1, 0.15) is 5.75 Å². The minimum Gasteiger partial charge on any atom is -0.493 e. The van der Waals surface area contributed by atoms with E-state index >= 15 is 0 Å². The molecule has 2 aromatic carbocycles. The molecule has 0 aliphatic rings. The van der Waals surface area contributed by atoms with Crippen molar-refractivity contribution < 1.29 is 9.53 Å². The average molecular weight is 448 g/mol. The molecule has 0 saturated carbocycles. The van der Waals surface area contributed by atoms with Gasteiger partial charge in [0.15, 0.2) is 5.11 Å². The van der Waals surface area contributed by atoms with Gasteiger partial charge in [0, 0.05) is 9.50 Å². The molecule has 126 valence electrons. The molecular weight excluding hydrogens is 435 g/mol. The summed E-state index contributed by atoms with van der Waals surface area (Å²) in [5.41, 5.74) is 0.920. The van der Waals surface area contributed by atoms with Crippen LogP contribution >= 0.6 is 51.3 Å². The van der Waals surface area contributed by atoms with E-state index in [2.05, 4.69) is 26.6 Å². The molecule has 8 heteroatoms. The van der Waals surface area contributed by atoms with E-state index in [9.17, 15) is 4.79 Å². The Morgan fingerprint density at radius 3 is 2.67 bits per heavy atom. The highest BCUT2D eigenvalue weighted by Crippen LogP contribution is 2.26. The number of benzene rings is 2. The fraction of sp³-hybridized carbons (Fsp3) is 0.125. The van der Waals surface area contributed by atoms with Crippen LogP contribution in [0.2, 0.25) is 10.0 Å². The number of hydrogen-bond acceptors (Lipinski definition) is 3. The van der Waals surface area contributed by atoms with Crippen molar-refractivity contribution in [2.24, 2.45) is 0 Å². The maximum atomic E-state index is 12.4. The molecule has 1 amide bonds. The van der Waals surface area contributed by atoms with E-state index in [1.54, 1.807) is 36.4 Å². The lowest BCUT2D eigenvalue weighted by atomic mass is 10.2. The largest absolute Gasteiger partial charge is 0.493 e. The van der Waals surface area contributed by atoms with Gasteiger partial charge in [0.05, 0.1) is 22.9 Å². The van der Waals surface area contributed by atoms with Crippen molar-refractivity contribution in [3.05, 3.63) is 56.5 Å². The van der Waals surface area contributed by atoms with E-state index in [0.717, 1.165) is 4.47 Å². The number of amides is 1. The second-order valence-electron chi connectivity index (χ2n) is 4.61. The molecule has 4 nitrogen and oxygen atoms in total. The van der Waals surface area contributed by atoms with Gasteiger partial charge in [-0.05, 0) is 55.5 Å². The second kappa shape index (κ2) is 8.67. The molecule has 2 rings (SSSR count). The van der Waals surface area contributed by atoms with Gasteiger partial charge in [0.25, 0.3) is 5.91 Å². The highest BCUT2D eigenvalue weighted by Gasteiger charge is 2.15. The van der Waals surface area contributed by atoms with E-state index in [1.165, 1.54) is 0 Å². The summed E-state index contributed by atoms with van der Waals surface area (Å²) in [4.78, 5) is 12.4. The van der Waals surface area contributed by atoms with Crippen LogP contribution in [0.1, 0.15) is 17.3 Å². The van der Waals surface area contributed by atoms with Gasteiger partial charge in [-0.3, -0.25) is 10.1 Å². The van der Waals surface area contributed by atoms with Gasteiger partial charge in [-0.15, -0.1) is 0 Å². The SMILES string of the molecule is CCOc1ccc(Br)cc1C(=O)NC(=S)Nc1ccc(Cl)cc1Cl. The first-order valence-electron chi connectivity index (χ1n) is 6.90. The van der Waals surface area contributed by atoms with Crippen LogP contribution < -0.4 is 15.4 Å². The van der Waals surface area contributed by atoms with Crippen molar-refractivity contribution in [3.63, 3.8) is 0 Å². The standard InChI is InChI=1S/C16H13BrCl2N2O2S/c1-2-23-14-6-3-9(17)7-11(14)15(22)21-16(24)20-13-5-4-10(18)8-12(13)19/h3-8H,2H2,1H3,(H2,20,21,22,24). The van der Waals surface area contributed by atoms with Crippen molar-refractivity contribution >= 4 is 68.1 Å². The Bertz CT molecular complexity index is 787. The third kappa shape index (κ3) is 5.08. The number of thiocarbonyl (C=S) groups is 1. The molecule has 0 radical (unpaired) electrons. The number of halogens is 3. The highest BCUT2D eigenvalue weighted by atomic mass is 79.9. The monoisotopic (exact) mass is 446 g/mol. The number of anilines is 1. The normalized spacial score (nSPS) is 10.2. The molecular formula is C16H13BrCl2N2O2S. The Morgan fingerprint density at radius 1 is 1.25 bits per heavy atom. The van der Waals surface area contributed by atoms with E-state index in [0.29, 0.717) is 33.7 Å². The van der Waals surface area contributed by atoms with Crippen LogP contribution in [0.3, 0.4) is 0 Å². The van der Waals surface area contributed by atoms with Gasteiger partial charge < -0.3 is 10.1 Å². The molecule has 24 heavy (non-hydrogen) atoms. The van der Waals surface area contributed by atoms with Crippen molar-refractivity contribution in [2.45, 2.75) is 6.92 Å². The first-order chi connectivity index (χ1) is 11.4. The summed E-state index contributed by atoms with van der Waals surface area (Å²) >= 11 is 20.4. The molecule has 0 spiro atoms. The topological polar surface area (TPSA) is 50.4 Å². The van der Waals surface area contributed by atoms with Crippen LogP contribution in [-0.4, -0.2) is 17.6 Å². The van der Waals surface area contributed by atoms with Crippen molar-refractivity contribution in [3.8, 4) is 5.75 Å². The molecule has 0 bridgehead atoms. The van der Waals surface area contributed by atoms with Crippen LogP contribution in [0.5, 0.6) is 5.75 Å². The number of hydrogen-bond donors (Lipinski definition) is 2. The maximum absolute atomic E-state index is 12.4. The number of carbonyl (C=O) groups excluding carboxylic acids is 1. The third-order valence-electron chi connectivity index (χ3n) is 2.89. The lowest BCUT2D eigenvalue weighted by Gasteiger charge is -2.13. The van der Waals surface area contributed by atoms with Crippen LogP contribution in [-0.2, 0) is 0 Å². The van der Waals surface area contributed by atoms with E-state index in [1.807, 2.05) is 6.92 Å². The fourth-order valence-corrected chi connectivity index (χ4v) is 2.90. The summed E-state index contributed by atoms with van der Waals surface area (Å²) in [6.45, 7) is 2.30. The Kier molecular flexibility index (Phi) is 6.86. The quantitative estimate of drug-likeness (QED) is 0.626. The minimum absolute atomic E-state index is 0.117. The highest BCUT2D eigenvalue weighted by molar-refractivity contribution is 9.10. The second-order valence-corrected chi connectivity index (χ2v) is 6.77. The van der Waals surface area contributed by atoms with Crippen molar-refractivity contribution in [1.82, 2.24) is 5.32 Å². The van der Waals surface area contributed by atoms with Crippen molar-refractivity contribution in [2.75, 3.05) is 11.9 Å². The van der Waals surface area contributed by atoms with Crippen molar-refractivity contribution in [1.29, 1.82) is 0 Å². The molecule has 2 N–H and O–H groups in total. The molecule has 0 aliphatic heterocycles. The Balaban J connectivity index is 2.11. The number of ether oxygens (including phenoxy) is 1. The zero-order valence-corrected chi connectivity index (χ0v) is 16.4. The summed E-state index contributed by atoms with van der Waals surface area (Å²) in [6.07, 6.45) is 0. The molecule has 0 unspecified atom stereocenters. The van der Waals surface area contributed by atoms with Crippen LogP contribution in [0.4, 0.5) is 5.69 Å². The summed E-state index contributed by atoms with van der Waals surface area (Å²) in [5.74, 6) is 0.0906. The van der Waals surface area contributed by atoms with Crippen LogP contribution in [0, 0.1) is 0 Å². The minimum atomic E-state index is -0.387. The predicted octanol–water partition coefficient (Wildman–Crippen LogP) is 5.28. The molecule has 0 fully saturated rings. The van der Waals surface area contributed by atoms with Gasteiger partial charge >= 0.3 is 0 Å². The molecule has 0 aliphatic carbocycles. The van der Waals surface area contributed by atoms with E-state index < -0.39 is 0 Å². The average Bonchev–Trinajstić information content (AvgIpc) is 2.52. The summed E-state index contributed by atoms with van der Waals surface area (Å²) in [6, 6.07) is 10.1. The fourth-order valence-electron chi connectivity index (χ4n) is 1.88. The van der Waals surface area contributed by atoms with E-state index in [4.69, 9.17) is 40.2 Å². The molecule has 0 atom stereocenters. The Hall–Kier alpha value is -1.34. The Labute approximate surface area is 163 Å². The molecule has 0 aromatic heterocycles. The van der Waals surface area contributed by atoms with Crippen LogP contribution in [0.25, 0.3) is 0 Å². The number of carbonyl (C=O) groups is 1. The lowest BCUT2D eigenvalue weighted by Crippen LogP contribution is -2.34. The third-order valence-corrected chi connectivity index (χ3v) is 4.14. The van der Waals surface area contributed by atoms with Gasteiger partial charge in [-0.25, -0.2) is 0 Å². The summed E-state index contributed by atoms with van der Waals surface area (Å²) in [7, 11) is 0. The number of rotatable bonds is 4. The maximum Gasteiger partial charge on any atom is 0.261 e. The van der Waals surface area contributed by atoms with Gasteiger partial charge in [0.2, 0.25) is 0 Å². The summed E-state index contributed by atoms with van der Waals surface area (Å²) in [5, 5.41) is 6.49. The predicted molar refractivity (Wildman–Crippen MR) is 105 cm³/mol. The lowest BCUT2D eigenvalue weighted by molar-refractivity contribution is 0.0974. The molecule has 2 aromatic rings. The van der Waals surface area contributed by atoms with Crippen LogP contribution in [0.15, 0.2) is 40.9 Å². The smallest absolute Gasteiger partial charge is 0.261 e.